The van der Waals surface area contributed by atoms with Crippen LogP contribution in [0.5, 0.6) is 0 Å². The molecule has 0 bridgehead atoms. The smallest absolute Gasteiger partial charge is 0.130 e. The summed E-state index contributed by atoms with van der Waals surface area (Å²) in [5.74, 6) is -0.951. The van der Waals surface area contributed by atoms with Crippen LogP contribution in [-0.2, 0) is 6.54 Å². The van der Waals surface area contributed by atoms with E-state index >= 15 is 0 Å². The summed E-state index contributed by atoms with van der Waals surface area (Å²) in [5.41, 5.74) is 0.131. The standard InChI is InChI=1S/C14H20F2N2/c1-11(18-7-2-3-8-18)9-17-10-12-13(15)5-4-6-14(12)16/h4-6,11,17H,2-3,7-10H2,1H3. The Labute approximate surface area is 107 Å². The summed E-state index contributed by atoms with van der Waals surface area (Å²) in [6.45, 7) is 5.42. The van der Waals surface area contributed by atoms with E-state index < -0.39 is 11.6 Å². The highest BCUT2D eigenvalue weighted by molar-refractivity contribution is 5.19. The maximum atomic E-state index is 13.4. The first-order chi connectivity index (χ1) is 8.68. The molecule has 100 valence electrons. The fraction of sp³-hybridized carbons (Fsp3) is 0.571. The molecular formula is C14H20F2N2. The van der Waals surface area contributed by atoms with Gasteiger partial charge in [0.1, 0.15) is 11.6 Å². The normalized spacial score (nSPS) is 18.2. The summed E-state index contributed by atoms with van der Waals surface area (Å²) in [5, 5.41) is 3.14. The van der Waals surface area contributed by atoms with Crippen molar-refractivity contribution in [1.29, 1.82) is 0 Å². The summed E-state index contributed by atoms with van der Waals surface area (Å²) in [6.07, 6.45) is 2.51. The molecule has 1 N–H and O–H groups in total. The Bertz CT molecular complexity index is 369. The molecule has 18 heavy (non-hydrogen) atoms. The Kier molecular flexibility index (Phi) is 4.66. The van der Waals surface area contributed by atoms with Gasteiger partial charge in [0.2, 0.25) is 0 Å². The van der Waals surface area contributed by atoms with E-state index in [0.717, 1.165) is 19.6 Å². The molecule has 2 rings (SSSR count). The highest BCUT2D eigenvalue weighted by Crippen LogP contribution is 2.13. The van der Waals surface area contributed by atoms with Crippen molar-refractivity contribution in [3.63, 3.8) is 0 Å². The van der Waals surface area contributed by atoms with Crippen LogP contribution in [-0.4, -0.2) is 30.6 Å². The van der Waals surface area contributed by atoms with E-state index in [1.807, 2.05) is 0 Å². The zero-order valence-corrected chi connectivity index (χ0v) is 10.8. The highest BCUT2D eigenvalue weighted by atomic mass is 19.1. The molecule has 0 saturated carbocycles. The average molecular weight is 254 g/mol. The lowest BCUT2D eigenvalue weighted by Gasteiger charge is -2.24. The first-order valence-corrected chi connectivity index (χ1v) is 6.56. The van der Waals surface area contributed by atoms with Gasteiger partial charge in [-0.1, -0.05) is 6.07 Å². The Morgan fingerprint density at radius 1 is 1.22 bits per heavy atom. The molecule has 1 aromatic rings. The quantitative estimate of drug-likeness (QED) is 0.868. The first kappa shape index (κ1) is 13.4. The van der Waals surface area contributed by atoms with Crippen molar-refractivity contribution in [2.75, 3.05) is 19.6 Å². The Hall–Kier alpha value is -1.00. The van der Waals surface area contributed by atoms with Crippen LogP contribution in [0.3, 0.4) is 0 Å². The van der Waals surface area contributed by atoms with Crippen molar-refractivity contribution in [1.82, 2.24) is 10.2 Å². The largest absolute Gasteiger partial charge is 0.311 e. The molecule has 1 unspecified atom stereocenters. The number of likely N-dealkylation sites (tertiary alicyclic amines) is 1. The van der Waals surface area contributed by atoms with Crippen molar-refractivity contribution >= 4 is 0 Å². The van der Waals surface area contributed by atoms with E-state index in [1.165, 1.54) is 31.0 Å². The summed E-state index contributed by atoms with van der Waals surface area (Å²) < 4.78 is 26.8. The minimum Gasteiger partial charge on any atom is -0.311 e. The van der Waals surface area contributed by atoms with Gasteiger partial charge in [-0.15, -0.1) is 0 Å². The summed E-state index contributed by atoms with van der Waals surface area (Å²) in [7, 11) is 0. The number of benzene rings is 1. The van der Waals surface area contributed by atoms with Crippen LogP contribution in [0.25, 0.3) is 0 Å². The van der Waals surface area contributed by atoms with Gasteiger partial charge in [-0.3, -0.25) is 4.90 Å². The Balaban J connectivity index is 1.81. The SMILES string of the molecule is CC(CNCc1c(F)cccc1F)N1CCCC1. The zero-order valence-electron chi connectivity index (χ0n) is 10.8. The van der Waals surface area contributed by atoms with Crippen molar-refractivity contribution in [2.24, 2.45) is 0 Å². The van der Waals surface area contributed by atoms with E-state index in [9.17, 15) is 8.78 Å². The number of hydrogen-bond acceptors (Lipinski definition) is 2. The molecule has 0 aliphatic carbocycles. The van der Waals surface area contributed by atoms with Crippen LogP contribution in [0.1, 0.15) is 25.3 Å². The summed E-state index contributed by atoms with van der Waals surface area (Å²) in [4.78, 5) is 2.41. The number of rotatable bonds is 5. The minimum atomic E-state index is -0.476. The second-order valence-corrected chi connectivity index (χ2v) is 4.92. The van der Waals surface area contributed by atoms with Crippen LogP contribution >= 0.6 is 0 Å². The van der Waals surface area contributed by atoms with Crippen LogP contribution in [0, 0.1) is 11.6 Å². The van der Waals surface area contributed by atoms with Gasteiger partial charge < -0.3 is 5.32 Å². The lowest BCUT2D eigenvalue weighted by atomic mass is 10.2. The maximum Gasteiger partial charge on any atom is 0.130 e. The second-order valence-electron chi connectivity index (χ2n) is 4.92. The van der Waals surface area contributed by atoms with Crippen molar-refractivity contribution in [2.45, 2.75) is 32.4 Å². The minimum absolute atomic E-state index is 0.131. The van der Waals surface area contributed by atoms with Crippen molar-refractivity contribution in [3.8, 4) is 0 Å². The highest BCUT2D eigenvalue weighted by Gasteiger charge is 2.17. The number of nitrogens with zero attached hydrogens (tertiary/aromatic N) is 1. The Morgan fingerprint density at radius 3 is 2.44 bits per heavy atom. The summed E-state index contributed by atoms with van der Waals surface area (Å²) in [6, 6.07) is 4.40. The van der Waals surface area contributed by atoms with Gasteiger partial charge in [0.25, 0.3) is 0 Å². The van der Waals surface area contributed by atoms with Crippen molar-refractivity contribution in [3.05, 3.63) is 35.4 Å². The maximum absolute atomic E-state index is 13.4. The topological polar surface area (TPSA) is 15.3 Å². The number of hydrogen-bond donors (Lipinski definition) is 1. The van der Waals surface area contributed by atoms with Gasteiger partial charge in [-0.05, 0) is 45.0 Å². The molecule has 4 heteroatoms. The average Bonchev–Trinajstić information content (AvgIpc) is 2.86. The molecule has 1 saturated heterocycles. The van der Waals surface area contributed by atoms with Gasteiger partial charge in [-0.25, -0.2) is 8.78 Å². The van der Waals surface area contributed by atoms with Gasteiger partial charge in [0.05, 0.1) is 0 Å². The predicted molar refractivity (Wildman–Crippen MR) is 68.3 cm³/mol. The molecule has 1 aliphatic rings. The van der Waals surface area contributed by atoms with Gasteiger partial charge in [-0.2, -0.15) is 0 Å². The van der Waals surface area contributed by atoms with E-state index in [4.69, 9.17) is 0 Å². The van der Waals surface area contributed by atoms with Crippen LogP contribution in [0.15, 0.2) is 18.2 Å². The predicted octanol–water partition coefficient (Wildman–Crippen LogP) is 2.54. The van der Waals surface area contributed by atoms with Gasteiger partial charge in [0, 0.05) is 24.7 Å². The molecule has 1 aromatic carbocycles. The Morgan fingerprint density at radius 2 is 1.83 bits per heavy atom. The molecule has 2 nitrogen and oxygen atoms in total. The third-order valence-corrected chi connectivity index (χ3v) is 3.57. The summed E-state index contributed by atoms with van der Waals surface area (Å²) >= 11 is 0. The monoisotopic (exact) mass is 254 g/mol. The van der Waals surface area contributed by atoms with Crippen molar-refractivity contribution < 1.29 is 8.78 Å². The molecule has 0 radical (unpaired) electrons. The molecule has 1 heterocycles. The van der Waals surface area contributed by atoms with Gasteiger partial charge >= 0.3 is 0 Å². The van der Waals surface area contributed by atoms with E-state index in [0.29, 0.717) is 6.04 Å². The van der Waals surface area contributed by atoms with E-state index in [1.54, 1.807) is 0 Å². The lowest BCUT2D eigenvalue weighted by Crippen LogP contribution is -2.38. The van der Waals surface area contributed by atoms with Crippen LogP contribution in [0.4, 0.5) is 8.78 Å². The molecule has 1 aliphatic heterocycles. The van der Waals surface area contributed by atoms with E-state index in [2.05, 4.69) is 17.1 Å². The zero-order chi connectivity index (χ0) is 13.0. The first-order valence-electron chi connectivity index (χ1n) is 6.56. The molecule has 0 spiro atoms. The van der Waals surface area contributed by atoms with Crippen LogP contribution in [0.2, 0.25) is 0 Å². The number of nitrogens with one attached hydrogen (secondary N) is 1. The second kappa shape index (κ2) is 6.25. The molecular weight excluding hydrogens is 234 g/mol. The third kappa shape index (κ3) is 3.27. The van der Waals surface area contributed by atoms with Crippen LogP contribution < -0.4 is 5.32 Å². The fourth-order valence-corrected chi connectivity index (χ4v) is 2.42. The molecule has 1 atom stereocenters. The molecule has 0 aromatic heterocycles. The molecule has 0 amide bonds. The number of halogens is 2. The van der Waals surface area contributed by atoms with Gasteiger partial charge in [0.15, 0.2) is 0 Å². The molecule has 1 fully saturated rings. The third-order valence-electron chi connectivity index (χ3n) is 3.57. The fourth-order valence-electron chi connectivity index (χ4n) is 2.42. The lowest BCUT2D eigenvalue weighted by molar-refractivity contribution is 0.251. The van der Waals surface area contributed by atoms with E-state index in [-0.39, 0.29) is 12.1 Å².